The molecule has 2 amide bonds. The number of likely N-dealkylation sites (tertiary alicyclic amines) is 1. The number of anilines is 1. The van der Waals surface area contributed by atoms with E-state index in [-0.39, 0.29) is 17.7 Å². The molecular weight excluding hydrogens is 240 g/mol. The Bertz CT molecular complexity index is 398. The lowest BCUT2D eigenvalue weighted by Gasteiger charge is -2.30. The zero-order valence-electron chi connectivity index (χ0n) is 9.55. The molecule has 0 unspecified atom stereocenters. The molecule has 1 aromatic heterocycles. The van der Waals surface area contributed by atoms with Gasteiger partial charge in [-0.1, -0.05) is 11.3 Å². The molecule has 17 heavy (non-hydrogen) atoms. The summed E-state index contributed by atoms with van der Waals surface area (Å²) in [5, 5.41) is 10.7. The molecule has 0 saturated carbocycles. The van der Waals surface area contributed by atoms with E-state index in [1.165, 1.54) is 11.3 Å². The number of carbonyl (C=O) groups is 2. The highest BCUT2D eigenvalue weighted by atomic mass is 32.1. The van der Waals surface area contributed by atoms with E-state index >= 15 is 0 Å². The van der Waals surface area contributed by atoms with Crippen LogP contribution in [-0.4, -0.2) is 40.0 Å². The Hall–Kier alpha value is -1.50. The van der Waals surface area contributed by atoms with Crippen LogP contribution in [0.1, 0.15) is 19.8 Å². The van der Waals surface area contributed by atoms with Crippen LogP contribution in [0.4, 0.5) is 5.13 Å². The van der Waals surface area contributed by atoms with Crippen molar-refractivity contribution in [1.29, 1.82) is 0 Å². The number of hydrogen-bond acceptors (Lipinski definition) is 5. The van der Waals surface area contributed by atoms with Gasteiger partial charge in [-0.3, -0.25) is 9.59 Å². The number of rotatable bonds is 2. The number of nitrogens with zero attached hydrogens (tertiary/aromatic N) is 3. The van der Waals surface area contributed by atoms with Gasteiger partial charge >= 0.3 is 0 Å². The van der Waals surface area contributed by atoms with Gasteiger partial charge in [-0.05, 0) is 12.8 Å². The van der Waals surface area contributed by atoms with Crippen LogP contribution >= 0.6 is 11.3 Å². The van der Waals surface area contributed by atoms with Crippen molar-refractivity contribution in [2.45, 2.75) is 19.8 Å². The van der Waals surface area contributed by atoms with Crippen molar-refractivity contribution in [3.8, 4) is 0 Å². The smallest absolute Gasteiger partial charge is 0.229 e. The first-order valence-corrected chi connectivity index (χ1v) is 6.37. The van der Waals surface area contributed by atoms with Gasteiger partial charge < -0.3 is 10.2 Å². The fraction of sp³-hybridized carbons (Fsp3) is 0.600. The third-order valence-electron chi connectivity index (χ3n) is 2.90. The summed E-state index contributed by atoms with van der Waals surface area (Å²) in [7, 11) is 0. The Morgan fingerprint density at radius 3 is 2.71 bits per heavy atom. The van der Waals surface area contributed by atoms with E-state index in [0.717, 1.165) is 0 Å². The predicted octanol–water partition coefficient (Wildman–Crippen LogP) is 0.735. The molecule has 0 aliphatic carbocycles. The van der Waals surface area contributed by atoms with Gasteiger partial charge in [0.05, 0.1) is 0 Å². The maximum absolute atomic E-state index is 11.9. The molecule has 0 bridgehead atoms. The van der Waals surface area contributed by atoms with Gasteiger partial charge in [0.2, 0.25) is 16.9 Å². The van der Waals surface area contributed by atoms with Gasteiger partial charge in [-0.2, -0.15) is 0 Å². The third-order valence-corrected chi connectivity index (χ3v) is 3.51. The summed E-state index contributed by atoms with van der Waals surface area (Å²) in [6, 6.07) is 0. The molecule has 1 saturated heterocycles. The van der Waals surface area contributed by atoms with Crippen molar-refractivity contribution in [1.82, 2.24) is 15.1 Å². The van der Waals surface area contributed by atoms with E-state index in [9.17, 15) is 9.59 Å². The molecular formula is C10H14N4O2S. The number of nitrogens with one attached hydrogen (secondary N) is 1. The second-order valence-corrected chi connectivity index (χ2v) is 4.85. The summed E-state index contributed by atoms with van der Waals surface area (Å²) in [5.74, 6) is 0.0208. The maximum Gasteiger partial charge on any atom is 0.229 e. The summed E-state index contributed by atoms with van der Waals surface area (Å²) in [6.07, 6.45) is 1.43. The molecule has 0 aromatic carbocycles. The first kappa shape index (κ1) is 12.0. The van der Waals surface area contributed by atoms with Crippen LogP contribution in [-0.2, 0) is 9.59 Å². The van der Waals surface area contributed by atoms with Crippen molar-refractivity contribution in [2.24, 2.45) is 5.92 Å². The van der Waals surface area contributed by atoms with Crippen LogP contribution in [0.15, 0.2) is 5.51 Å². The molecule has 0 spiro atoms. The lowest BCUT2D eigenvalue weighted by Crippen LogP contribution is -2.40. The van der Waals surface area contributed by atoms with Gasteiger partial charge in [0, 0.05) is 25.9 Å². The zero-order valence-corrected chi connectivity index (χ0v) is 10.4. The molecule has 1 fully saturated rings. The van der Waals surface area contributed by atoms with Crippen LogP contribution in [0.3, 0.4) is 0 Å². The molecule has 1 N–H and O–H groups in total. The molecule has 2 rings (SSSR count). The lowest BCUT2D eigenvalue weighted by atomic mass is 9.96. The predicted molar refractivity (Wildman–Crippen MR) is 63.5 cm³/mol. The van der Waals surface area contributed by atoms with E-state index < -0.39 is 0 Å². The van der Waals surface area contributed by atoms with Gasteiger partial charge in [0.15, 0.2) is 0 Å². The van der Waals surface area contributed by atoms with Crippen LogP contribution in [0.2, 0.25) is 0 Å². The van der Waals surface area contributed by atoms with Crippen LogP contribution in [0.5, 0.6) is 0 Å². The van der Waals surface area contributed by atoms with Crippen LogP contribution in [0.25, 0.3) is 0 Å². The first-order valence-electron chi connectivity index (χ1n) is 5.49. The maximum atomic E-state index is 11.9. The zero-order chi connectivity index (χ0) is 12.3. The fourth-order valence-corrected chi connectivity index (χ4v) is 2.34. The highest BCUT2D eigenvalue weighted by Gasteiger charge is 2.26. The van der Waals surface area contributed by atoms with Crippen molar-refractivity contribution in [3.63, 3.8) is 0 Å². The van der Waals surface area contributed by atoms with Crippen molar-refractivity contribution in [2.75, 3.05) is 18.4 Å². The molecule has 1 aliphatic rings. The number of amides is 2. The van der Waals surface area contributed by atoms with E-state index in [0.29, 0.717) is 31.1 Å². The van der Waals surface area contributed by atoms with Gasteiger partial charge in [-0.25, -0.2) is 0 Å². The molecule has 2 heterocycles. The van der Waals surface area contributed by atoms with Gasteiger partial charge in [0.25, 0.3) is 0 Å². The second kappa shape index (κ2) is 5.22. The standard InChI is InChI=1S/C10H14N4O2S/c1-7(15)14-4-2-8(3-5-14)9(16)12-10-13-11-6-17-10/h6,8H,2-5H2,1H3,(H,12,13,16). The Kier molecular flexibility index (Phi) is 3.68. The average Bonchev–Trinajstić information content (AvgIpc) is 2.82. The van der Waals surface area contributed by atoms with Crippen molar-refractivity contribution in [3.05, 3.63) is 5.51 Å². The van der Waals surface area contributed by atoms with Crippen LogP contribution in [0, 0.1) is 5.92 Å². The summed E-state index contributed by atoms with van der Waals surface area (Å²) in [4.78, 5) is 24.8. The molecule has 0 radical (unpaired) electrons. The monoisotopic (exact) mass is 254 g/mol. The Balaban J connectivity index is 1.84. The van der Waals surface area contributed by atoms with Gasteiger partial charge in [-0.15, -0.1) is 10.2 Å². The fourth-order valence-electron chi connectivity index (χ4n) is 1.89. The molecule has 92 valence electrons. The normalized spacial score (nSPS) is 16.9. The van der Waals surface area contributed by atoms with Crippen molar-refractivity contribution < 1.29 is 9.59 Å². The third kappa shape index (κ3) is 3.00. The SMILES string of the molecule is CC(=O)N1CCC(C(=O)Nc2nncs2)CC1. The second-order valence-electron chi connectivity index (χ2n) is 4.01. The number of piperidine rings is 1. The summed E-state index contributed by atoms with van der Waals surface area (Å²) in [6.45, 7) is 2.87. The van der Waals surface area contributed by atoms with E-state index in [1.807, 2.05) is 0 Å². The lowest BCUT2D eigenvalue weighted by molar-refractivity contribution is -0.132. The Labute approximate surface area is 103 Å². The minimum Gasteiger partial charge on any atom is -0.343 e. The summed E-state index contributed by atoms with van der Waals surface area (Å²) >= 11 is 1.30. The highest BCUT2D eigenvalue weighted by molar-refractivity contribution is 7.13. The largest absolute Gasteiger partial charge is 0.343 e. The van der Waals surface area contributed by atoms with E-state index in [2.05, 4.69) is 15.5 Å². The Morgan fingerprint density at radius 2 is 2.18 bits per heavy atom. The Morgan fingerprint density at radius 1 is 1.47 bits per heavy atom. The number of aromatic nitrogens is 2. The minimum absolute atomic E-state index is 0.0232. The summed E-state index contributed by atoms with van der Waals surface area (Å²) < 4.78 is 0. The van der Waals surface area contributed by atoms with Crippen molar-refractivity contribution >= 4 is 28.3 Å². The molecule has 1 aromatic rings. The highest BCUT2D eigenvalue weighted by Crippen LogP contribution is 2.19. The quantitative estimate of drug-likeness (QED) is 0.844. The average molecular weight is 254 g/mol. The summed E-state index contributed by atoms with van der Waals surface area (Å²) in [5.41, 5.74) is 1.58. The molecule has 1 aliphatic heterocycles. The van der Waals surface area contributed by atoms with Crippen LogP contribution < -0.4 is 5.32 Å². The molecule has 6 nitrogen and oxygen atoms in total. The first-order chi connectivity index (χ1) is 8.16. The minimum atomic E-state index is -0.0329. The van der Waals surface area contributed by atoms with Gasteiger partial charge in [0.1, 0.15) is 5.51 Å². The van der Waals surface area contributed by atoms with E-state index in [1.54, 1.807) is 17.3 Å². The number of carbonyl (C=O) groups excluding carboxylic acids is 2. The number of hydrogen-bond donors (Lipinski definition) is 1. The molecule has 0 atom stereocenters. The topological polar surface area (TPSA) is 75.2 Å². The molecule has 7 heteroatoms. The van der Waals surface area contributed by atoms with E-state index in [4.69, 9.17) is 0 Å².